The first-order valence-electron chi connectivity index (χ1n) is 8.70. The minimum absolute atomic E-state index is 0.0263. The summed E-state index contributed by atoms with van der Waals surface area (Å²) in [6.07, 6.45) is 3.64. The van der Waals surface area contributed by atoms with Gasteiger partial charge in [-0.3, -0.25) is 14.8 Å². The second-order valence-electron chi connectivity index (χ2n) is 6.40. The van der Waals surface area contributed by atoms with E-state index in [0.29, 0.717) is 10.2 Å². The minimum Gasteiger partial charge on any atom is -0.493 e. The predicted molar refractivity (Wildman–Crippen MR) is 102 cm³/mol. The first-order valence-corrected chi connectivity index (χ1v) is 9.49. The van der Waals surface area contributed by atoms with Crippen molar-refractivity contribution in [3.8, 4) is 11.5 Å². The lowest BCUT2D eigenvalue weighted by Gasteiger charge is -2.34. The van der Waals surface area contributed by atoms with Crippen molar-refractivity contribution in [3.05, 3.63) is 52.3 Å². The molecule has 0 spiro atoms. The van der Waals surface area contributed by atoms with Gasteiger partial charge in [-0.25, -0.2) is 0 Å². The Bertz CT molecular complexity index is 741. The Kier molecular flexibility index (Phi) is 6.98. The van der Waals surface area contributed by atoms with Crippen LogP contribution in [0, 0.1) is 0 Å². The summed E-state index contributed by atoms with van der Waals surface area (Å²) in [5, 5.41) is 0. The van der Waals surface area contributed by atoms with Gasteiger partial charge in [0.1, 0.15) is 0 Å². The normalized spacial score (nSPS) is 15.9. The molecule has 0 amide bonds. The standard InChI is InChI=1S/C19H22BrF2N3O2/c1-26-17-11-15(10-16(20)18(17)27-19(21)22)13-25-8-6-24(7-9-25)12-14-2-4-23-5-3-14/h2-5,10-11,19H,6-9,12-13H2,1H3. The van der Waals surface area contributed by atoms with Gasteiger partial charge in [-0.15, -0.1) is 0 Å². The average molecular weight is 442 g/mol. The number of piperazine rings is 1. The summed E-state index contributed by atoms with van der Waals surface area (Å²) < 4.78 is 35.4. The van der Waals surface area contributed by atoms with Gasteiger partial charge < -0.3 is 9.47 Å². The van der Waals surface area contributed by atoms with Crippen molar-refractivity contribution in [3.63, 3.8) is 0 Å². The number of halogens is 3. The van der Waals surface area contributed by atoms with Gasteiger partial charge in [0, 0.05) is 51.7 Å². The third kappa shape index (κ3) is 5.60. The van der Waals surface area contributed by atoms with Crippen LogP contribution in [0.2, 0.25) is 0 Å². The molecular weight excluding hydrogens is 420 g/mol. The summed E-state index contributed by atoms with van der Waals surface area (Å²) in [6.45, 7) is 2.61. The molecule has 0 atom stereocenters. The van der Waals surface area contributed by atoms with Crippen LogP contribution in [0.5, 0.6) is 11.5 Å². The van der Waals surface area contributed by atoms with Crippen LogP contribution in [0.15, 0.2) is 41.1 Å². The Labute approximate surface area is 166 Å². The Hall–Kier alpha value is -1.77. The van der Waals surface area contributed by atoms with Crippen molar-refractivity contribution in [2.75, 3.05) is 33.3 Å². The largest absolute Gasteiger partial charge is 0.493 e. The third-order valence-electron chi connectivity index (χ3n) is 4.52. The highest BCUT2D eigenvalue weighted by Crippen LogP contribution is 2.38. The number of pyridine rings is 1. The van der Waals surface area contributed by atoms with E-state index in [1.807, 2.05) is 30.6 Å². The molecule has 1 aliphatic rings. The molecule has 5 nitrogen and oxygen atoms in total. The molecule has 1 saturated heterocycles. The van der Waals surface area contributed by atoms with Crippen molar-refractivity contribution in [2.24, 2.45) is 0 Å². The van der Waals surface area contributed by atoms with Crippen molar-refractivity contribution >= 4 is 15.9 Å². The second-order valence-corrected chi connectivity index (χ2v) is 7.25. The fourth-order valence-corrected chi connectivity index (χ4v) is 3.76. The molecule has 0 radical (unpaired) electrons. The number of alkyl halides is 2. The third-order valence-corrected chi connectivity index (χ3v) is 5.11. The van der Waals surface area contributed by atoms with Crippen LogP contribution in [0.3, 0.4) is 0 Å². The van der Waals surface area contributed by atoms with Crippen LogP contribution < -0.4 is 9.47 Å². The predicted octanol–water partition coefficient (Wildman–Crippen LogP) is 3.77. The molecular formula is C19H22BrF2N3O2. The Morgan fingerprint density at radius 2 is 1.63 bits per heavy atom. The highest BCUT2D eigenvalue weighted by atomic mass is 79.9. The van der Waals surface area contributed by atoms with Crippen molar-refractivity contribution in [2.45, 2.75) is 19.7 Å². The van der Waals surface area contributed by atoms with Crippen molar-refractivity contribution in [1.82, 2.24) is 14.8 Å². The number of rotatable bonds is 7. The number of nitrogens with zero attached hydrogens (tertiary/aromatic N) is 3. The number of methoxy groups -OCH3 is 1. The van der Waals surface area contributed by atoms with E-state index in [4.69, 9.17) is 4.74 Å². The molecule has 0 unspecified atom stereocenters. The van der Waals surface area contributed by atoms with Crippen molar-refractivity contribution in [1.29, 1.82) is 0 Å². The molecule has 2 aromatic rings. The maximum absolute atomic E-state index is 12.6. The van der Waals surface area contributed by atoms with E-state index in [9.17, 15) is 8.78 Å². The van der Waals surface area contributed by atoms with Crippen LogP contribution in [-0.4, -0.2) is 54.7 Å². The molecule has 146 valence electrons. The zero-order valence-electron chi connectivity index (χ0n) is 15.1. The highest BCUT2D eigenvalue weighted by molar-refractivity contribution is 9.10. The number of aromatic nitrogens is 1. The van der Waals surface area contributed by atoms with Crippen molar-refractivity contribution < 1.29 is 18.3 Å². The van der Waals surface area contributed by atoms with Crippen LogP contribution in [-0.2, 0) is 13.1 Å². The maximum atomic E-state index is 12.6. The SMILES string of the molecule is COc1cc(CN2CCN(Cc3ccncc3)CC2)cc(Br)c1OC(F)F. The van der Waals surface area contributed by atoms with Crippen LogP contribution >= 0.6 is 15.9 Å². The molecule has 0 N–H and O–H groups in total. The fourth-order valence-electron chi connectivity index (χ4n) is 3.18. The van der Waals surface area contributed by atoms with Gasteiger partial charge in [0.05, 0.1) is 11.6 Å². The summed E-state index contributed by atoms with van der Waals surface area (Å²) in [4.78, 5) is 8.81. The van der Waals surface area contributed by atoms with Crippen LogP contribution in [0.25, 0.3) is 0 Å². The van der Waals surface area contributed by atoms with Gasteiger partial charge in [-0.1, -0.05) is 0 Å². The zero-order valence-corrected chi connectivity index (χ0v) is 16.7. The molecule has 1 aliphatic heterocycles. The van der Waals surface area contributed by atoms with Gasteiger partial charge in [0.2, 0.25) is 0 Å². The number of hydrogen-bond acceptors (Lipinski definition) is 5. The molecule has 8 heteroatoms. The van der Waals surface area contributed by atoms with Gasteiger partial charge >= 0.3 is 6.61 Å². The van der Waals surface area contributed by atoms with E-state index in [0.717, 1.165) is 44.8 Å². The van der Waals surface area contributed by atoms with E-state index in [1.54, 1.807) is 6.07 Å². The van der Waals surface area contributed by atoms with E-state index in [2.05, 4.69) is 35.5 Å². The number of benzene rings is 1. The van der Waals surface area contributed by atoms with E-state index >= 15 is 0 Å². The monoisotopic (exact) mass is 441 g/mol. The summed E-state index contributed by atoms with van der Waals surface area (Å²) in [6, 6.07) is 7.65. The van der Waals surface area contributed by atoms with Gasteiger partial charge in [0.25, 0.3) is 0 Å². The zero-order chi connectivity index (χ0) is 19.2. The summed E-state index contributed by atoms with van der Waals surface area (Å²) >= 11 is 3.31. The molecule has 1 aromatic heterocycles. The van der Waals surface area contributed by atoms with E-state index in [1.165, 1.54) is 12.7 Å². The lowest BCUT2D eigenvalue weighted by molar-refractivity contribution is -0.0517. The molecule has 27 heavy (non-hydrogen) atoms. The Balaban J connectivity index is 1.58. The molecule has 1 aromatic carbocycles. The van der Waals surface area contributed by atoms with Gasteiger partial charge in [-0.05, 0) is 51.3 Å². The molecule has 3 rings (SSSR count). The summed E-state index contributed by atoms with van der Waals surface area (Å²) in [7, 11) is 1.45. The first-order chi connectivity index (χ1) is 13.0. The van der Waals surface area contributed by atoms with Crippen LogP contribution in [0.4, 0.5) is 8.78 Å². The molecule has 1 fully saturated rings. The fraction of sp³-hybridized carbons (Fsp3) is 0.421. The summed E-state index contributed by atoms with van der Waals surface area (Å²) in [5.41, 5.74) is 2.25. The van der Waals surface area contributed by atoms with Gasteiger partial charge in [-0.2, -0.15) is 8.78 Å². The second kappa shape index (κ2) is 9.43. The number of ether oxygens (including phenoxy) is 2. The highest BCUT2D eigenvalue weighted by Gasteiger charge is 2.20. The average Bonchev–Trinajstić information content (AvgIpc) is 2.66. The van der Waals surface area contributed by atoms with Crippen LogP contribution in [0.1, 0.15) is 11.1 Å². The quantitative estimate of drug-likeness (QED) is 0.653. The lowest BCUT2D eigenvalue weighted by Crippen LogP contribution is -2.45. The molecule has 0 saturated carbocycles. The Morgan fingerprint density at radius 1 is 1.04 bits per heavy atom. The van der Waals surface area contributed by atoms with Gasteiger partial charge in [0.15, 0.2) is 11.5 Å². The first kappa shape index (κ1) is 20.0. The topological polar surface area (TPSA) is 37.8 Å². The minimum atomic E-state index is -2.89. The van der Waals surface area contributed by atoms with E-state index < -0.39 is 6.61 Å². The molecule has 0 aliphatic carbocycles. The molecule has 0 bridgehead atoms. The lowest BCUT2D eigenvalue weighted by atomic mass is 10.1. The number of hydrogen-bond donors (Lipinski definition) is 0. The summed E-state index contributed by atoms with van der Waals surface area (Å²) in [5.74, 6) is 0.328. The smallest absolute Gasteiger partial charge is 0.387 e. The van der Waals surface area contributed by atoms with E-state index in [-0.39, 0.29) is 5.75 Å². The Morgan fingerprint density at radius 3 is 2.19 bits per heavy atom. The molecule has 2 heterocycles. The maximum Gasteiger partial charge on any atom is 0.387 e.